The van der Waals surface area contributed by atoms with Crippen molar-refractivity contribution in [3.8, 4) is 0 Å². The number of likely N-dealkylation sites (N-methyl/N-ethyl adjacent to an activating group) is 1. The first-order valence-electron chi connectivity index (χ1n) is 9.84. The number of carbonyl (C=O) groups is 1. The third-order valence-corrected chi connectivity index (χ3v) is 4.34. The summed E-state index contributed by atoms with van der Waals surface area (Å²) in [6.45, 7) is 8.62. The van der Waals surface area contributed by atoms with Gasteiger partial charge in [-0.05, 0) is 32.4 Å². The van der Waals surface area contributed by atoms with E-state index in [1.54, 1.807) is 0 Å². The SMILES string of the molecule is CCCCCCC(=O)NCCN(CC)CCCCCCCCO. The van der Waals surface area contributed by atoms with Crippen molar-refractivity contribution in [1.29, 1.82) is 0 Å². The van der Waals surface area contributed by atoms with Crippen LogP contribution in [0.5, 0.6) is 0 Å². The van der Waals surface area contributed by atoms with Gasteiger partial charge in [0, 0.05) is 26.1 Å². The number of rotatable bonds is 17. The lowest BCUT2D eigenvalue weighted by atomic mass is 10.1. The van der Waals surface area contributed by atoms with E-state index < -0.39 is 0 Å². The van der Waals surface area contributed by atoms with Gasteiger partial charge >= 0.3 is 0 Å². The number of hydrogen-bond acceptors (Lipinski definition) is 3. The highest BCUT2D eigenvalue weighted by Gasteiger charge is 2.04. The lowest BCUT2D eigenvalue weighted by molar-refractivity contribution is -0.121. The third kappa shape index (κ3) is 16.0. The van der Waals surface area contributed by atoms with Gasteiger partial charge < -0.3 is 15.3 Å². The molecular formula is C19H40N2O2. The number of unbranched alkanes of at least 4 members (excludes halogenated alkanes) is 8. The Morgan fingerprint density at radius 2 is 1.52 bits per heavy atom. The van der Waals surface area contributed by atoms with Gasteiger partial charge in [-0.25, -0.2) is 0 Å². The van der Waals surface area contributed by atoms with Crippen LogP contribution in [0.25, 0.3) is 0 Å². The standard InChI is InChI=1S/C19H40N2O2/c1-3-5-6-11-14-19(23)20-15-17-21(4-2)16-12-9-7-8-10-13-18-22/h22H,3-18H2,1-2H3,(H,20,23). The lowest BCUT2D eigenvalue weighted by Gasteiger charge is -2.20. The minimum Gasteiger partial charge on any atom is -0.396 e. The van der Waals surface area contributed by atoms with Gasteiger partial charge in [0.15, 0.2) is 0 Å². The smallest absolute Gasteiger partial charge is 0.220 e. The van der Waals surface area contributed by atoms with E-state index in [1.165, 1.54) is 44.9 Å². The number of nitrogens with one attached hydrogen (secondary N) is 1. The first-order valence-corrected chi connectivity index (χ1v) is 9.84. The van der Waals surface area contributed by atoms with E-state index >= 15 is 0 Å². The molecular weight excluding hydrogens is 288 g/mol. The molecule has 0 saturated heterocycles. The molecule has 0 spiro atoms. The minimum absolute atomic E-state index is 0.209. The van der Waals surface area contributed by atoms with Crippen molar-refractivity contribution < 1.29 is 9.90 Å². The normalized spacial score (nSPS) is 11.1. The molecule has 0 aliphatic heterocycles. The number of aliphatic hydroxyl groups is 1. The van der Waals surface area contributed by atoms with Gasteiger partial charge in [-0.1, -0.05) is 58.8 Å². The second-order valence-corrected chi connectivity index (χ2v) is 6.44. The van der Waals surface area contributed by atoms with Gasteiger partial charge in [-0.2, -0.15) is 0 Å². The predicted octanol–water partition coefficient (Wildman–Crippen LogP) is 3.73. The topological polar surface area (TPSA) is 52.6 Å². The molecule has 0 heterocycles. The fourth-order valence-electron chi connectivity index (χ4n) is 2.74. The summed E-state index contributed by atoms with van der Waals surface area (Å²) in [6, 6.07) is 0. The molecule has 0 rings (SSSR count). The van der Waals surface area contributed by atoms with Crippen molar-refractivity contribution >= 4 is 5.91 Å². The van der Waals surface area contributed by atoms with E-state index in [2.05, 4.69) is 24.1 Å². The number of amides is 1. The zero-order valence-electron chi connectivity index (χ0n) is 15.6. The molecule has 0 aliphatic carbocycles. The van der Waals surface area contributed by atoms with Crippen LogP contribution in [0, 0.1) is 0 Å². The van der Waals surface area contributed by atoms with Gasteiger partial charge in [-0.15, -0.1) is 0 Å². The first-order chi connectivity index (χ1) is 11.2. The molecule has 0 aromatic rings. The highest BCUT2D eigenvalue weighted by Crippen LogP contribution is 2.06. The average molecular weight is 329 g/mol. The summed E-state index contributed by atoms with van der Waals surface area (Å²) in [4.78, 5) is 14.1. The summed E-state index contributed by atoms with van der Waals surface area (Å²) in [5.74, 6) is 0.209. The summed E-state index contributed by atoms with van der Waals surface area (Å²) < 4.78 is 0. The third-order valence-electron chi connectivity index (χ3n) is 4.34. The lowest BCUT2D eigenvalue weighted by Crippen LogP contribution is -2.35. The van der Waals surface area contributed by atoms with E-state index in [0.29, 0.717) is 13.0 Å². The molecule has 0 aromatic carbocycles. The summed E-state index contributed by atoms with van der Waals surface area (Å²) >= 11 is 0. The van der Waals surface area contributed by atoms with Gasteiger partial charge in [0.1, 0.15) is 0 Å². The van der Waals surface area contributed by atoms with E-state index in [9.17, 15) is 4.79 Å². The van der Waals surface area contributed by atoms with E-state index in [1.807, 2.05) is 0 Å². The number of aliphatic hydroxyl groups excluding tert-OH is 1. The van der Waals surface area contributed by atoms with Crippen LogP contribution in [-0.4, -0.2) is 48.7 Å². The summed E-state index contributed by atoms with van der Waals surface area (Å²) in [6.07, 6.45) is 12.4. The van der Waals surface area contributed by atoms with Crippen molar-refractivity contribution in [3.63, 3.8) is 0 Å². The van der Waals surface area contributed by atoms with Crippen LogP contribution in [0.3, 0.4) is 0 Å². The maximum Gasteiger partial charge on any atom is 0.220 e. The highest BCUT2D eigenvalue weighted by atomic mass is 16.2. The molecule has 138 valence electrons. The van der Waals surface area contributed by atoms with Crippen LogP contribution in [0.15, 0.2) is 0 Å². The van der Waals surface area contributed by atoms with E-state index in [4.69, 9.17) is 5.11 Å². The molecule has 4 heteroatoms. The molecule has 0 bridgehead atoms. The van der Waals surface area contributed by atoms with Gasteiger partial charge in [-0.3, -0.25) is 4.79 Å². The van der Waals surface area contributed by atoms with Crippen LogP contribution in [-0.2, 0) is 4.79 Å². The maximum atomic E-state index is 11.7. The van der Waals surface area contributed by atoms with Gasteiger partial charge in [0.25, 0.3) is 0 Å². The van der Waals surface area contributed by atoms with Gasteiger partial charge in [0.2, 0.25) is 5.91 Å². The molecule has 0 unspecified atom stereocenters. The Labute approximate surface area is 144 Å². The molecule has 0 radical (unpaired) electrons. The Morgan fingerprint density at radius 3 is 2.17 bits per heavy atom. The Morgan fingerprint density at radius 1 is 0.870 bits per heavy atom. The Kier molecular flexibility index (Phi) is 17.3. The maximum absolute atomic E-state index is 11.7. The van der Waals surface area contributed by atoms with Crippen molar-refractivity contribution in [1.82, 2.24) is 10.2 Å². The zero-order valence-corrected chi connectivity index (χ0v) is 15.6. The zero-order chi connectivity index (χ0) is 17.2. The predicted molar refractivity (Wildman–Crippen MR) is 98.7 cm³/mol. The molecule has 0 aliphatic rings. The van der Waals surface area contributed by atoms with Crippen LogP contribution in [0.2, 0.25) is 0 Å². The Bertz CT molecular complexity index is 260. The molecule has 2 N–H and O–H groups in total. The largest absolute Gasteiger partial charge is 0.396 e. The molecule has 0 saturated carbocycles. The van der Waals surface area contributed by atoms with E-state index in [0.717, 1.165) is 45.4 Å². The second-order valence-electron chi connectivity index (χ2n) is 6.44. The van der Waals surface area contributed by atoms with Crippen LogP contribution in [0.1, 0.15) is 84.5 Å². The Hall–Kier alpha value is -0.610. The molecule has 0 atom stereocenters. The van der Waals surface area contributed by atoms with E-state index in [-0.39, 0.29) is 5.91 Å². The minimum atomic E-state index is 0.209. The number of carbonyl (C=O) groups excluding carboxylic acids is 1. The first kappa shape index (κ1) is 22.4. The van der Waals surface area contributed by atoms with Crippen molar-refractivity contribution in [3.05, 3.63) is 0 Å². The van der Waals surface area contributed by atoms with Crippen LogP contribution in [0.4, 0.5) is 0 Å². The van der Waals surface area contributed by atoms with Crippen molar-refractivity contribution in [2.75, 3.05) is 32.8 Å². The number of nitrogens with zero attached hydrogens (tertiary/aromatic N) is 1. The van der Waals surface area contributed by atoms with Crippen LogP contribution < -0.4 is 5.32 Å². The van der Waals surface area contributed by atoms with Crippen LogP contribution >= 0.6 is 0 Å². The molecule has 0 aromatic heterocycles. The van der Waals surface area contributed by atoms with Crippen molar-refractivity contribution in [2.24, 2.45) is 0 Å². The fourth-order valence-corrected chi connectivity index (χ4v) is 2.74. The summed E-state index contributed by atoms with van der Waals surface area (Å²) in [5.41, 5.74) is 0. The second kappa shape index (κ2) is 17.7. The number of hydrogen-bond donors (Lipinski definition) is 2. The molecule has 1 amide bonds. The monoisotopic (exact) mass is 328 g/mol. The fraction of sp³-hybridized carbons (Fsp3) is 0.947. The molecule has 4 nitrogen and oxygen atoms in total. The summed E-state index contributed by atoms with van der Waals surface area (Å²) in [7, 11) is 0. The van der Waals surface area contributed by atoms with Gasteiger partial charge in [0.05, 0.1) is 0 Å². The highest BCUT2D eigenvalue weighted by molar-refractivity contribution is 5.75. The van der Waals surface area contributed by atoms with Crippen molar-refractivity contribution in [2.45, 2.75) is 84.5 Å². The quantitative estimate of drug-likeness (QED) is 0.400. The Balaban J connectivity index is 3.48. The summed E-state index contributed by atoms with van der Waals surface area (Å²) in [5, 5.41) is 11.8. The molecule has 23 heavy (non-hydrogen) atoms. The molecule has 0 fully saturated rings. The average Bonchev–Trinajstić information content (AvgIpc) is 2.56.